The lowest BCUT2D eigenvalue weighted by atomic mass is 10.2. The zero-order valence-electron chi connectivity index (χ0n) is 15.4. The summed E-state index contributed by atoms with van der Waals surface area (Å²) in [4.78, 5) is 20.3. The van der Waals surface area contributed by atoms with Crippen LogP contribution in [0.3, 0.4) is 0 Å². The molecule has 28 heavy (non-hydrogen) atoms. The molecule has 0 unspecified atom stereocenters. The number of hydrogen-bond acceptors (Lipinski definition) is 5. The molecule has 0 aliphatic rings. The highest BCUT2D eigenvalue weighted by molar-refractivity contribution is 5.92. The Hall–Kier alpha value is -3.80. The standard InChI is InChI=1S/C22H18N2O4/c1-26-19-12-9-15(13-20(19)27-2)22(25)28-16-10-7-14(8-11-16)21-23-17-5-3-4-6-18(17)24-21/h3-13H,1-2H3,(H,23,24). The predicted molar refractivity (Wildman–Crippen MR) is 106 cm³/mol. The number of benzene rings is 3. The molecule has 1 heterocycles. The van der Waals surface area contributed by atoms with Crippen LogP contribution in [0.25, 0.3) is 22.4 Å². The Morgan fingerprint density at radius 1 is 0.893 bits per heavy atom. The molecule has 0 saturated heterocycles. The van der Waals surface area contributed by atoms with Crippen molar-refractivity contribution in [3.05, 3.63) is 72.3 Å². The van der Waals surface area contributed by atoms with E-state index >= 15 is 0 Å². The number of nitrogens with zero attached hydrogens (tertiary/aromatic N) is 1. The van der Waals surface area contributed by atoms with E-state index in [2.05, 4.69) is 9.97 Å². The second kappa shape index (κ2) is 7.44. The molecule has 3 aromatic carbocycles. The third kappa shape index (κ3) is 3.40. The minimum atomic E-state index is -0.475. The van der Waals surface area contributed by atoms with Crippen molar-refractivity contribution < 1.29 is 19.0 Å². The number of para-hydroxylation sites is 2. The van der Waals surface area contributed by atoms with Crippen LogP contribution in [0.2, 0.25) is 0 Å². The number of nitrogens with one attached hydrogen (secondary N) is 1. The first-order chi connectivity index (χ1) is 13.7. The summed E-state index contributed by atoms with van der Waals surface area (Å²) in [7, 11) is 3.06. The van der Waals surface area contributed by atoms with Gasteiger partial charge < -0.3 is 19.2 Å². The fourth-order valence-electron chi connectivity index (χ4n) is 2.90. The number of carbonyl (C=O) groups is 1. The Morgan fingerprint density at radius 3 is 2.36 bits per heavy atom. The van der Waals surface area contributed by atoms with Gasteiger partial charge in [0.15, 0.2) is 11.5 Å². The summed E-state index contributed by atoms with van der Waals surface area (Å²) in [6, 6.07) is 19.9. The van der Waals surface area contributed by atoms with Gasteiger partial charge in [-0.05, 0) is 54.6 Å². The number of rotatable bonds is 5. The average Bonchev–Trinajstić information content (AvgIpc) is 3.18. The molecule has 0 aliphatic heterocycles. The van der Waals surface area contributed by atoms with Crippen LogP contribution in [0.5, 0.6) is 17.2 Å². The first kappa shape index (κ1) is 17.6. The van der Waals surface area contributed by atoms with E-state index in [-0.39, 0.29) is 0 Å². The van der Waals surface area contributed by atoms with Gasteiger partial charge in [-0.25, -0.2) is 9.78 Å². The number of ether oxygens (including phenoxy) is 3. The number of carbonyl (C=O) groups excluding carboxylic acids is 1. The number of fused-ring (bicyclic) bond motifs is 1. The molecule has 1 aromatic heterocycles. The fourth-order valence-corrected chi connectivity index (χ4v) is 2.90. The SMILES string of the molecule is COc1ccc(C(=O)Oc2ccc(-c3nc4ccccc4[nH]3)cc2)cc1OC. The molecule has 1 N–H and O–H groups in total. The zero-order chi connectivity index (χ0) is 19.5. The van der Waals surface area contributed by atoms with Gasteiger partial charge in [0.2, 0.25) is 0 Å². The molecule has 6 heteroatoms. The van der Waals surface area contributed by atoms with Gasteiger partial charge in [-0.1, -0.05) is 12.1 Å². The summed E-state index contributed by atoms with van der Waals surface area (Å²) in [6.07, 6.45) is 0. The van der Waals surface area contributed by atoms with Crippen LogP contribution in [0.4, 0.5) is 0 Å². The highest BCUT2D eigenvalue weighted by Crippen LogP contribution is 2.28. The molecule has 140 valence electrons. The maximum Gasteiger partial charge on any atom is 0.343 e. The number of H-pyrrole nitrogens is 1. The Kier molecular flexibility index (Phi) is 4.68. The normalized spacial score (nSPS) is 10.6. The number of esters is 1. The number of hydrogen-bond donors (Lipinski definition) is 1. The molecule has 0 fully saturated rings. The molecule has 0 aliphatic carbocycles. The summed E-state index contributed by atoms with van der Waals surface area (Å²) in [6.45, 7) is 0. The third-order valence-corrected chi connectivity index (χ3v) is 4.35. The molecule has 4 aromatic rings. The van der Waals surface area contributed by atoms with Crippen LogP contribution in [0, 0.1) is 0 Å². The van der Waals surface area contributed by atoms with Gasteiger partial charge in [0.05, 0.1) is 30.8 Å². The van der Waals surface area contributed by atoms with Crippen LogP contribution in [-0.4, -0.2) is 30.2 Å². The molecular weight excluding hydrogens is 356 g/mol. The summed E-state index contributed by atoms with van der Waals surface area (Å²) in [5, 5.41) is 0. The lowest BCUT2D eigenvalue weighted by Gasteiger charge is -2.09. The Bertz CT molecular complexity index is 1100. The first-order valence-electron chi connectivity index (χ1n) is 8.67. The van der Waals surface area contributed by atoms with E-state index in [1.54, 1.807) is 37.4 Å². The summed E-state index contributed by atoms with van der Waals surface area (Å²) in [5.41, 5.74) is 3.16. The van der Waals surface area contributed by atoms with Gasteiger partial charge in [0.25, 0.3) is 0 Å². The van der Waals surface area contributed by atoms with Crippen LogP contribution < -0.4 is 14.2 Å². The number of imidazole rings is 1. The van der Waals surface area contributed by atoms with Crippen molar-refractivity contribution in [2.45, 2.75) is 0 Å². The van der Waals surface area contributed by atoms with E-state index < -0.39 is 5.97 Å². The van der Waals surface area contributed by atoms with Gasteiger partial charge in [0.1, 0.15) is 11.6 Å². The van der Waals surface area contributed by atoms with Crippen LogP contribution in [0.1, 0.15) is 10.4 Å². The molecule has 4 rings (SSSR count). The molecule has 0 spiro atoms. The molecule has 6 nitrogen and oxygen atoms in total. The third-order valence-electron chi connectivity index (χ3n) is 4.35. The maximum atomic E-state index is 12.4. The molecule has 0 atom stereocenters. The Morgan fingerprint density at radius 2 is 1.64 bits per heavy atom. The van der Waals surface area contributed by atoms with Crippen molar-refractivity contribution in [3.8, 4) is 28.6 Å². The highest BCUT2D eigenvalue weighted by atomic mass is 16.5. The van der Waals surface area contributed by atoms with Crippen LogP contribution in [-0.2, 0) is 0 Å². The average molecular weight is 374 g/mol. The monoisotopic (exact) mass is 374 g/mol. The highest BCUT2D eigenvalue weighted by Gasteiger charge is 2.13. The lowest BCUT2D eigenvalue weighted by molar-refractivity contribution is 0.0734. The maximum absolute atomic E-state index is 12.4. The van der Waals surface area contributed by atoms with Crippen molar-refractivity contribution in [1.82, 2.24) is 9.97 Å². The van der Waals surface area contributed by atoms with Gasteiger partial charge in [0, 0.05) is 5.56 Å². The Balaban J connectivity index is 1.52. The van der Waals surface area contributed by atoms with E-state index in [9.17, 15) is 4.79 Å². The van der Waals surface area contributed by atoms with E-state index in [0.717, 1.165) is 22.4 Å². The minimum absolute atomic E-state index is 0.374. The molecular formula is C22H18N2O4. The topological polar surface area (TPSA) is 73.4 Å². The zero-order valence-corrected chi connectivity index (χ0v) is 15.4. The summed E-state index contributed by atoms with van der Waals surface area (Å²) < 4.78 is 15.9. The number of aromatic nitrogens is 2. The molecule has 0 bridgehead atoms. The van der Waals surface area contributed by atoms with E-state index in [4.69, 9.17) is 14.2 Å². The lowest BCUT2D eigenvalue weighted by Crippen LogP contribution is -2.08. The number of methoxy groups -OCH3 is 2. The van der Waals surface area contributed by atoms with E-state index in [1.165, 1.54) is 7.11 Å². The van der Waals surface area contributed by atoms with Crippen molar-refractivity contribution in [2.75, 3.05) is 14.2 Å². The predicted octanol–water partition coefficient (Wildman–Crippen LogP) is 4.47. The van der Waals surface area contributed by atoms with Gasteiger partial charge >= 0.3 is 5.97 Å². The van der Waals surface area contributed by atoms with Crippen molar-refractivity contribution in [1.29, 1.82) is 0 Å². The van der Waals surface area contributed by atoms with Crippen molar-refractivity contribution in [3.63, 3.8) is 0 Å². The van der Waals surface area contributed by atoms with Crippen molar-refractivity contribution >= 4 is 17.0 Å². The van der Waals surface area contributed by atoms with Crippen molar-refractivity contribution in [2.24, 2.45) is 0 Å². The first-order valence-corrected chi connectivity index (χ1v) is 8.67. The van der Waals surface area contributed by atoms with Gasteiger partial charge in [-0.2, -0.15) is 0 Å². The quantitative estimate of drug-likeness (QED) is 0.412. The molecule has 0 radical (unpaired) electrons. The van der Waals surface area contributed by atoms with Crippen LogP contribution in [0.15, 0.2) is 66.7 Å². The van der Waals surface area contributed by atoms with Gasteiger partial charge in [-0.3, -0.25) is 0 Å². The molecule has 0 amide bonds. The smallest absolute Gasteiger partial charge is 0.343 e. The largest absolute Gasteiger partial charge is 0.493 e. The Labute approximate surface area is 161 Å². The number of aromatic amines is 1. The molecule has 0 saturated carbocycles. The summed E-state index contributed by atoms with van der Waals surface area (Å²) in [5.74, 6) is 1.75. The fraction of sp³-hybridized carbons (Fsp3) is 0.0909. The van der Waals surface area contributed by atoms with E-state index in [1.807, 2.05) is 36.4 Å². The van der Waals surface area contributed by atoms with Gasteiger partial charge in [-0.15, -0.1) is 0 Å². The van der Waals surface area contributed by atoms with Crippen LogP contribution >= 0.6 is 0 Å². The second-order valence-electron chi connectivity index (χ2n) is 6.09. The minimum Gasteiger partial charge on any atom is -0.493 e. The second-order valence-corrected chi connectivity index (χ2v) is 6.09. The summed E-state index contributed by atoms with van der Waals surface area (Å²) >= 11 is 0. The van der Waals surface area contributed by atoms with E-state index in [0.29, 0.717) is 22.8 Å².